The molecule has 2 N–H and O–H groups in total. The first-order valence-electron chi connectivity index (χ1n) is 27.5. The number of carbonyl (C=O) groups excluding carboxylic acids is 1. The average molecular weight is 935 g/mol. The van der Waals surface area contributed by atoms with Crippen molar-refractivity contribution in [2.24, 2.45) is 0 Å². The van der Waals surface area contributed by atoms with Crippen LogP contribution in [0.15, 0.2) is 48.6 Å². The van der Waals surface area contributed by atoms with Crippen LogP contribution in [-0.2, 0) is 18.4 Å². The van der Waals surface area contributed by atoms with Gasteiger partial charge in [-0.05, 0) is 51.4 Å². The van der Waals surface area contributed by atoms with Gasteiger partial charge in [0.1, 0.15) is 13.2 Å². The number of hydrogen-bond donors (Lipinski definition) is 2. The Morgan fingerprint density at radius 1 is 0.554 bits per heavy atom. The molecule has 3 unspecified atom stereocenters. The minimum absolute atomic E-state index is 0.0113. The second-order valence-electron chi connectivity index (χ2n) is 19.9. The van der Waals surface area contributed by atoms with E-state index in [9.17, 15) is 19.4 Å². The largest absolute Gasteiger partial charge is 0.756 e. The number of likely N-dealkylation sites (N-methyl/N-ethyl adjacent to an activating group) is 1. The highest BCUT2D eigenvalue weighted by atomic mass is 31.2. The van der Waals surface area contributed by atoms with E-state index < -0.39 is 20.0 Å². The molecule has 0 aliphatic carbocycles. The number of aliphatic hydroxyl groups is 1. The number of nitrogens with one attached hydrogen (secondary N) is 1. The number of hydrogen-bond acceptors (Lipinski definition) is 6. The lowest BCUT2D eigenvalue weighted by Crippen LogP contribution is -2.46. The topological polar surface area (TPSA) is 108 Å². The number of carbonyl (C=O) groups is 1. The highest BCUT2D eigenvalue weighted by Crippen LogP contribution is 2.38. The molecule has 382 valence electrons. The number of allylic oxidation sites excluding steroid dienone is 8. The van der Waals surface area contributed by atoms with Crippen molar-refractivity contribution < 1.29 is 32.9 Å². The number of quaternary nitrogens is 1. The summed E-state index contributed by atoms with van der Waals surface area (Å²) in [6.45, 7) is 4.63. The van der Waals surface area contributed by atoms with Crippen molar-refractivity contribution in [3.05, 3.63) is 48.6 Å². The Morgan fingerprint density at radius 3 is 1.37 bits per heavy atom. The summed E-state index contributed by atoms with van der Waals surface area (Å²) in [7, 11) is 1.31. The van der Waals surface area contributed by atoms with Crippen LogP contribution < -0.4 is 10.2 Å². The lowest BCUT2D eigenvalue weighted by molar-refractivity contribution is -0.870. The van der Waals surface area contributed by atoms with Crippen LogP contribution in [0, 0.1) is 0 Å². The van der Waals surface area contributed by atoms with Crippen LogP contribution in [0.3, 0.4) is 0 Å². The number of phosphoric ester groups is 1. The van der Waals surface area contributed by atoms with Crippen molar-refractivity contribution >= 4 is 13.7 Å². The van der Waals surface area contributed by atoms with Crippen LogP contribution in [0.2, 0.25) is 0 Å². The van der Waals surface area contributed by atoms with Gasteiger partial charge in [0, 0.05) is 6.42 Å². The molecule has 0 aliphatic heterocycles. The van der Waals surface area contributed by atoms with Crippen molar-refractivity contribution in [3.63, 3.8) is 0 Å². The van der Waals surface area contributed by atoms with Crippen molar-refractivity contribution in [1.82, 2.24) is 5.32 Å². The minimum Gasteiger partial charge on any atom is -0.756 e. The monoisotopic (exact) mass is 935 g/mol. The number of amides is 1. The number of nitrogens with zero attached hydrogens (tertiary/aromatic N) is 1. The predicted molar refractivity (Wildman–Crippen MR) is 279 cm³/mol. The maximum Gasteiger partial charge on any atom is 0.268 e. The van der Waals surface area contributed by atoms with E-state index in [1.807, 2.05) is 21.1 Å². The fourth-order valence-corrected chi connectivity index (χ4v) is 8.76. The van der Waals surface area contributed by atoms with Gasteiger partial charge in [-0.15, -0.1) is 0 Å². The summed E-state index contributed by atoms with van der Waals surface area (Å²) in [6, 6.07) is -0.803. The first kappa shape index (κ1) is 63.5. The number of aliphatic hydroxyl groups excluding tert-OH is 1. The van der Waals surface area contributed by atoms with Crippen molar-refractivity contribution in [2.45, 2.75) is 264 Å². The van der Waals surface area contributed by atoms with Gasteiger partial charge in [0.25, 0.3) is 7.82 Å². The molecule has 8 nitrogen and oxygen atoms in total. The smallest absolute Gasteiger partial charge is 0.268 e. The molecule has 0 bridgehead atoms. The summed E-state index contributed by atoms with van der Waals surface area (Å²) in [5.74, 6) is -0.166. The molecule has 0 saturated heterocycles. The summed E-state index contributed by atoms with van der Waals surface area (Å²) in [6.07, 6.45) is 61.3. The standard InChI is InChI=1S/C56H107N2O6P/c1-6-8-10-12-14-16-18-20-22-24-26-27-28-29-30-31-32-34-36-38-40-42-44-46-48-50-56(60)57-54(53-64-65(61,62)63-52-51-58(3,4)5)55(59)49-47-45-43-41-39-37-35-33-25-23-21-19-17-15-13-11-9-7-2/h8,10,14,16,20,22,26-27,54-55,59H,6-7,9,11-13,15,17-19,21,23-25,28-53H2,1-5H3,(H-,57,60,61,62)/b10-8-,16-14-,22-20-,27-26-. The third kappa shape index (κ3) is 50.2. The fourth-order valence-electron chi connectivity index (χ4n) is 8.03. The Morgan fingerprint density at radius 2 is 0.938 bits per heavy atom. The Bertz CT molecular complexity index is 1200. The van der Waals surface area contributed by atoms with E-state index in [0.717, 1.165) is 64.2 Å². The zero-order chi connectivity index (χ0) is 47.8. The van der Waals surface area contributed by atoms with Gasteiger partial charge < -0.3 is 28.8 Å². The van der Waals surface area contributed by atoms with Crippen LogP contribution in [-0.4, -0.2) is 68.5 Å². The highest BCUT2D eigenvalue weighted by molar-refractivity contribution is 7.45. The molecule has 0 aromatic rings. The van der Waals surface area contributed by atoms with Crippen LogP contribution >= 0.6 is 7.82 Å². The summed E-state index contributed by atoms with van der Waals surface area (Å²) in [5.41, 5.74) is 0. The molecule has 65 heavy (non-hydrogen) atoms. The van der Waals surface area contributed by atoms with Gasteiger partial charge in [-0.1, -0.05) is 242 Å². The molecule has 0 radical (unpaired) electrons. The maximum absolute atomic E-state index is 13.0. The molecule has 9 heteroatoms. The molecule has 0 aromatic carbocycles. The lowest BCUT2D eigenvalue weighted by Gasteiger charge is -2.30. The summed E-state index contributed by atoms with van der Waals surface area (Å²) < 4.78 is 23.4. The SMILES string of the molecule is CC/C=C\C/C=C\C/C=C\C/C=C\CCCCCCCCCCCCCCC(=O)NC(COP(=O)([O-])OCC[N+](C)(C)C)C(O)CCCCCCCCCCCCCCCCCCCC. The van der Waals surface area contributed by atoms with E-state index in [4.69, 9.17) is 9.05 Å². The van der Waals surface area contributed by atoms with Gasteiger partial charge >= 0.3 is 0 Å². The zero-order valence-corrected chi connectivity index (χ0v) is 44.3. The molecule has 0 spiro atoms. The first-order chi connectivity index (χ1) is 31.5. The molecule has 1 amide bonds. The Hall–Kier alpha value is -1.54. The molecule has 0 rings (SSSR count). The van der Waals surface area contributed by atoms with Gasteiger partial charge in [0.05, 0.1) is 39.9 Å². The van der Waals surface area contributed by atoms with Crippen LogP contribution in [0.1, 0.15) is 251 Å². The molecular formula is C56H107N2O6P. The van der Waals surface area contributed by atoms with Gasteiger partial charge in [-0.25, -0.2) is 0 Å². The van der Waals surface area contributed by atoms with Crippen LogP contribution in [0.4, 0.5) is 0 Å². The molecule has 0 saturated carbocycles. The predicted octanol–water partition coefficient (Wildman–Crippen LogP) is 15.7. The molecular weight excluding hydrogens is 828 g/mol. The van der Waals surface area contributed by atoms with E-state index in [1.165, 1.54) is 161 Å². The third-order valence-electron chi connectivity index (χ3n) is 12.3. The second-order valence-corrected chi connectivity index (χ2v) is 21.3. The molecule has 0 aliphatic rings. The van der Waals surface area contributed by atoms with E-state index in [-0.39, 0.29) is 19.1 Å². The summed E-state index contributed by atoms with van der Waals surface area (Å²) in [4.78, 5) is 25.5. The number of unbranched alkanes of at least 4 members (excludes halogenated alkanes) is 29. The van der Waals surface area contributed by atoms with Crippen molar-refractivity contribution in [2.75, 3.05) is 40.9 Å². The van der Waals surface area contributed by atoms with Crippen LogP contribution in [0.25, 0.3) is 0 Å². The molecule has 3 atom stereocenters. The molecule has 0 heterocycles. The number of phosphoric acid groups is 1. The maximum atomic E-state index is 13.0. The molecule has 0 aromatic heterocycles. The van der Waals surface area contributed by atoms with Crippen LogP contribution in [0.5, 0.6) is 0 Å². The second kappa shape index (κ2) is 47.5. The summed E-state index contributed by atoms with van der Waals surface area (Å²) in [5, 5.41) is 14.0. The van der Waals surface area contributed by atoms with E-state index >= 15 is 0 Å². The number of rotatable bonds is 50. The Balaban J connectivity index is 4.19. The quantitative estimate of drug-likeness (QED) is 0.0272. The third-order valence-corrected chi connectivity index (χ3v) is 13.3. The van der Waals surface area contributed by atoms with E-state index in [2.05, 4.69) is 67.8 Å². The Kier molecular flexibility index (Phi) is 46.4. The first-order valence-corrected chi connectivity index (χ1v) is 28.9. The minimum atomic E-state index is -4.57. The van der Waals surface area contributed by atoms with Crippen molar-refractivity contribution in [3.8, 4) is 0 Å². The van der Waals surface area contributed by atoms with Crippen molar-refractivity contribution in [1.29, 1.82) is 0 Å². The highest BCUT2D eigenvalue weighted by Gasteiger charge is 2.24. The zero-order valence-electron chi connectivity index (χ0n) is 43.4. The van der Waals surface area contributed by atoms with Gasteiger partial charge in [-0.3, -0.25) is 9.36 Å². The summed E-state index contributed by atoms with van der Waals surface area (Å²) >= 11 is 0. The fraction of sp³-hybridized carbons (Fsp3) is 0.839. The molecule has 0 fully saturated rings. The normalized spacial score (nSPS) is 14.4. The van der Waals surface area contributed by atoms with Gasteiger partial charge in [0.2, 0.25) is 5.91 Å². The van der Waals surface area contributed by atoms with Gasteiger partial charge in [0.15, 0.2) is 0 Å². The average Bonchev–Trinajstić information content (AvgIpc) is 3.26. The van der Waals surface area contributed by atoms with E-state index in [1.54, 1.807) is 0 Å². The van der Waals surface area contributed by atoms with Gasteiger partial charge in [-0.2, -0.15) is 0 Å². The van der Waals surface area contributed by atoms with E-state index in [0.29, 0.717) is 23.9 Å². The lowest BCUT2D eigenvalue weighted by atomic mass is 10.0. The Labute approximate surface area is 403 Å².